The van der Waals surface area contributed by atoms with Gasteiger partial charge >= 0.3 is 0 Å². The molecule has 0 saturated heterocycles. The van der Waals surface area contributed by atoms with E-state index < -0.39 is 9.84 Å². The van der Waals surface area contributed by atoms with E-state index in [4.69, 9.17) is 0 Å². The number of hydrogen-bond donors (Lipinski definition) is 0. The first-order valence-corrected chi connectivity index (χ1v) is 6.36. The lowest BCUT2D eigenvalue weighted by Crippen LogP contribution is -2.13. The molecule has 0 aliphatic rings. The van der Waals surface area contributed by atoms with E-state index in [1.807, 2.05) is 0 Å². The largest absolute Gasteiger partial charge is 0.267 e. The number of sulfone groups is 1. The van der Waals surface area contributed by atoms with E-state index >= 15 is 0 Å². The number of hydrogen-bond acceptors (Lipinski definition) is 5. The van der Waals surface area contributed by atoms with Crippen LogP contribution in [0.3, 0.4) is 0 Å². The van der Waals surface area contributed by atoms with Crippen molar-refractivity contribution in [3.8, 4) is 0 Å². The molecule has 0 unspecified atom stereocenters. The summed E-state index contributed by atoms with van der Waals surface area (Å²) in [5, 5.41) is 10.7. The van der Waals surface area contributed by atoms with Crippen LogP contribution in [-0.4, -0.2) is 39.7 Å². The van der Waals surface area contributed by atoms with Crippen LogP contribution in [0, 0.1) is 0 Å². The number of aromatic nitrogens is 4. The molecule has 0 bridgehead atoms. The van der Waals surface area contributed by atoms with E-state index in [9.17, 15) is 8.42 Å². The minimum atomic E-state index is -3.31. The zero-order valence-electron chi connectivity index (χ0n) is 7.01. The second-order valence-corrected chi connectivity index (χ2v) is 5.24. The summed E-state index contributed by atoms with van der Waals surface area (Å²) in [4.78, 5) is 0. The van der Waals surface area contributed by atoms with Gasteiger partial charge in [-0.15, -0.1) is 0 Å². The Kier molecular flexibility index (Phi) is 3.37. The Labute approximate surface area is 84.4 Å². The number of nitrogens with zero attached hydrogens (tertiary/aromatic N) is 4. The van der Waals surface area contributed by atoms with E-state index in [2.05, 4.69) is 31.5 Å². The normalized spacial score (nSPS) is 11.8. The van der Waals surface area contributed by atoms with Crippen LogP contribution >= 0.6 is 15.9 Å². The fourth-order valence-corrected chi connectivity index (χ4v) is 2.78. The number of halogens is 1. The predicted octanol–water partition coefficient (Wildman–Crippen LogP) is -0.231. The summed E-state index contributed by atoms with van der Waals surface area (Å²) < 4.78 is 24.1. The Hall–Kier alpha value is -0.500. The van der Waals surface area contributed by atoms with Gasteiger partial charge in [-0.25, -0.2) is 13.1 Å². The van der Waals surface area contributed by atoms with E-state index in [1.54, 1.807) is 0 Å². The van der Waals surface area contributed by atoms with E-state index in [-0.39, 0.29) is 10.9 Å². The lowest BCUT2D eigenvalue weighted by Gasteiger charge is -1.99. The molecule has 0 N–H and O–H groups in total. The summed E-state index contributed by atoms with van der Waals surface area (Å²) in [7, 11) is -1.81. The number of aryl methyl sites for hydroxylation is 1. The van der Waals surface area contributed by atoms with Gasteiger partial charge in [0.15, 0.2) is 0 Å². The molecule has 0 radical (unpaired) electrons. The Morgan fingerprint density at radius 2 is 2.23 bits per heavy atom. The predicted molar refractivity (Wildman–Crippen MR) is 49.3 cm³/mol. The maximum atomic E-state index is 11.5. The molecule has 0 fully saturated rings. The van der Waals surface area contributed by atoms with Crippen molar-refractivity contribution in [3.63, 3.8) is 0 Å². The minimum Gasteiger partial charge on any atom is -0.220 e. The Morgan fingerprint density at radius 1 is 1.54 bits per heavy atom. The van der Waals surface area contributed by atoms with Gasteiger partial charge in [-0.2, -0.15) is 0 Å². The van der Waals surface area contributed by atoms with Crippen LogP contribution in [-0.2, 0) is 16.9 Å². The molecule has 0 aliphatic heterocycles. The van der Waals surface area contributed by atoms with Gasteiger partial charge in [0.25, 0.3) is 5.16 Å². The average molecular weight is 269 g/mol. The van der Waals surface area contributed by atoms with E-state index in [1.165, 1.54) is 7.05 Å². The minimum absolute atomic E-state index is 0.0620. The quantitative estimate of drug-likeness (QED) is 0.705. The lowest BCUT2D eigenvalue weighted by atomic mass is 10.6. The van der Waals surface area contributed by atoms with Crippen LogP contribution in [0.15, 0.2) is 5.16 Å². The highest BCUT2D eigenvalue weighted by Crippen LogP contribution is 2.06. The molecule has 8 heteroatoms. The number of rotatable bonds is 4. The standard InChI is InChI=1S/C5H9BrN4O2S/c1-10-5(7-8-9-10)13(11,12)4-2-3-6/h2-4H2,1H3. The molecule has 0 amide bonds. The molecule has 0 aromatic carbocycles. The van der Waals surface area contributed by atoms with Crippen LogP contribution in [0.2, 0.25) is 0 Å². The van der Waals surface area contributed by atoms with Crippen LogP contribution in [0.5, 0.6) is 0 Å². The van der Waals surface area contributed by atoms with Crippen LogP contribution in [0.1, 0.15) is 6.42 Å². The van der Waals surface area contributed by atoms with Gasteiger partial charge in [0.05, 0.1) is 5.75 Å². The third kappa shape index (κ3) is 2.47. The van der Waals surface area contributed by atoms with Crippen molar-refractivity contribution in [3.05, 3.63) is 0 Å². The molecule has 1 aromatic rings. The zero-order chi connectivity index (χ0) is 9.90. The van der Waals surface area contributed by atoms with Gasteiger partial charge in [0.2, 0.25) is 9.84 Å². The molecular formula is C5H9BrN4O2S. The van der Waals surface area contributed by atoms with Gasteiger partial charge in [0, 0.05) is 12.4 Å². The average Bonchev–Trinajstić information content (AvgIpc) is 2.48. The molecule has 0 spiro atoms. The van der Waals surface area contributed by atoms with Gasteiger partial charge in [-0.05, 0) is 16.8 Å². The first-order valence-electron chi connectivity index (χ1n) is 3.59. The number of tetrazole rings is 1. The van der Waals surface area contributed by atoms with Crippen molar-refractivity contribution in [2.24, 2.45) is 7.05 Å². The molecule has 1 aromatic heterocycles. The molecule has 0 saturated carbocycles. The van der Waals surface area contributed by atoms with Crippen molar-refractivity contribution in [2.75, 3.05) is 11.1 Å². The summed E-state index contributed by atoms with van der Waals surface area (Å²) in [5.74, 6) is 0.0620. The van der Waals surface area contributed by atoms with Crippen molar-refractivity contribution >= 4 is 25.8 Å². The Morgan fingerprint density at radius 3 is 2.69 bits per heavy atom. The monoisotopic (exact) mass is 268 g/mol. The highest BCUT2D eigenvalue weighted by molar-refractivity contribution is 9.09. The zero-order valence-corrected chi connectivity index (χ0v) is 9.42. The molecule has 1 heterocycles. The molecule has 6 nitrogen and oxygen atoms in total. The van der Waals surface area contributed by atoms with Crippen LogP contribution in [0.25, 0.3) is 0 Å². The third-order valence-electron chi connectivity index (χ3n) is 1.41. The lowest BCUT2D eigenvalue weighted by molar-refractivity contribution is 0.568. The second-order valence-electron chi connectivity index (χ2n) is 2.45. The maximum Gasteiger partial charge on any atom is 0.267 e. The Bertz CT molecular complexity index is 374. The summed E-state index contributed by atoms with van der Waals surface area (Å²) in [5.41, 5.74) is 0. The summed E-state index contributed by atoms with van der Waals surface area (Å²) in [6, 6.07) is 0. The second kappa shape index (κ2) is 4.14. The van der Waals surface area contributed by atoms with Crippen molar-refractivity contribution in [1.29, 1.82) is 0 Å². The van der Waals surface area contributed by atoms with Crippen LogP contribution < -0.4 is 0 Å². The molecule has 1 rings (SSSR count). The van der Waals surface area contributed by atoms with Crippen LogP contribution in [0.4, 0.5) is 0 Å². The summed E-state index contributed by atoms with van der Waals surface area (Å²) >= 11 is 3.16. The summed E-state index contributed by atoms with van der Waals surface area (Å²) in [6.45, 7) is 0. The molecule has 74 valence electrons. The SMILES string of the molecule is Cn1nnnc1S(=O)(=O)CCCBr. The Balaban J connectivity index is 2.88. The van der Waals surface area contributed by atoms with Gasteiger partial charge in [-0.1, -0.05) is 21.0 Å². The molecule has 0 aliphatic carbocycles. The molecule has 13 heavy (non-hydrogen) atoms. The smallest absolute Gasteiger partial charge is 0.220 e. The molecular weight excluding hydrogens is 260 g/mol. The van der Waals surface area contributed by atoms with E-state index in [0.717, 1.165) is 4.68 Å². The first kappa shape index (κ1) is 10.6. The highest BCUT2D eigenvalue weighted by Gasteiger charge is 2.20. The molecule has 0 atom stereocenters. The fourth-order valence-electron chi connectivity index (χ4n) is 0.821. The topological polar surface area (TPSA) is 77.7 Å². The van der Waals surface area contributed by atoms with Gasteiger partial charge in [-0.3, -0.25) is 0 Å². The van der Waals surface area contributed by atoms with Gasteiger partial charge < -0.3 is 0 Å². The van der Waals surface area contributed by atoms with Gasteiger partial charge in [0.1, 0.15) is 0 Å². The number of alkyl halides is 1. The van der Waals surface area contributed by atoms with Crippen molar-refractivity contribution in [2.45, 2.75) is 11.6 Å². The summed E-state index contributed by atoms with van der Waals surface area (Å²) in [6.07, 6.45) is 0.551. The van der Waals surface area contributed by atoms with Crippen molar-refractivity contribution < 1.29 is 8.42 Å². The fraction of sp³-hybridized carbons (Fsp3) is 0.800. The maximum absolute atomic E-state index is 11.5. The van der Waals surface area contributed by atoms with E-state index in [0.29, 0.717) is 11.8 Å². The third-order valence-corrected chi connectivity index (χ3v) is 3.70. The first-order chi connectivity index (χ1) is 6.08. The van der Waals surface area contributed by atoms with Crippen molar-refractivity contribution in [1.82, 2.24) is 20.2 Å². The highest BCUT2D eigenvalue weighted by atomic mass is 79.9.